The Kier molecular flexibility index (Phi) is 3.06. The molecule has 2 nitrogen and oxygen atoms in total. The summed E-state index contributed by atoms with van der Waals surface area (Å²) in [6.07, 6.45) is 0.455. The van der Waals surface area contributed by atoms with Gasteiger partial charge >= 0.3 is 0 Å². The van der Waals surface area contributed by atoms with Crippen molar-refractivity contribution >= 4 is 27.3 Å². The predicted molar refractivity (Wildman–Crippen MR) is 68.1 cm³/mol. The first-order chi connectivity index (χ1) is 7.56. The molecule has 1 aromatic carbocycles. The molecule has 0 spiro atoms. The minimum absolute atomic E-state index is 0.170. The minimum Gasteiger partial charge on any atom is -0.300 e. The maximum atomic E-state index is 11.0. The Morgan fingerprint density at radius 1 is 1.44 bits per heavy atom. The second-order valence-electron chi connectivity index (χ2n) is 4.37. The fraction of sp³-hybridized carbons (Fsp3) is 0.385. The topological polar surface area (TPSA) is 30.0 Å². The zero-order chi connectivity index (χ0) is 11.7. The Labute approximate surface area is 99.3 Å². The monoisotopic (exact) mass is 233 g/mol. The highest BCUT2D eigenvalue weighted by atomic mass is 32.1. The third kappa shape index (κ3) is 2.30. The van der Waals surface area contributed by atoms with Gasteiger partial charge in [0.25, 0.3) is 0 Å². The van der Waals surface area contributed by atoms with E-state index in [2.05, 4.69) is 37.0 Å². The Morgan fingerprint density at radius 3 is 2.81 bits per heavy atom. The fourth-order valence-corrected chi connectivity index (χ4v) is 2.66. The van der Waals surface area contributed by atoms with E-state index in [-0.39, 0.29) is 5.78 Å². The van der Waals surface area contributed by atoms with Crippen molar-refractivity contribution in [3.05, 3.63) is 28.8 Å². The van der Waals surface area contributed by atoms with Crippen molar-refractivity contribution in [2.45, 2.75) is 33.1 Å². The summed E-state index contributed by atoms with van der Waals surface area (Å²) in [5.41, 5.74) is 2.32. The predicted octanol–water partition coefficient (Wildman–Crippen LogP) is 3.55. The molecule has 3 heteroatoms. The summed E-state index contributed by atoms with van der Waals surface area (Å²) < 4.78 is 1.17. The molecule has 16 heavy (non-hydrogen) atoms. The summed E-state index contributed by atoms with van der Waals surface area (Å²) in [6.45, 7) is 5.94. The van der Waals surface area contributed by atoms with Crippen molar-refractivity contribution in [2.24, 2.45) is 0 Å². The van der Waals surface area contributed by atoms with E-state index in [1.807, 2.05) is 0 Å². The highest BCUT2D eigenvalue weighted by Gasteiger charge is 2.07. The van der Waals surface area contributed by atoms with Crippen LogP contribution in [0.3, 0.4) is 0 Å². The van der Waals surface area contributed by atoms with Gasteiger partial charge in [-0.05, 0) is 30.5 Å². The van der Waals surface area contributed by atoms with E-state index in [9.17, 15) is 4.79 Å². The molecule has 0 saturated carbocycles. The van der Waals surface area contributed by atoms with Crippen LogP contribution in [0.15, 0.2) is 18.2 Å². The summed E-state index contributed by atoms with van der Waals surface area (Å²) in [7, 11) is 0. The second kappa shape index (κ2) is 4.34. The largest absolute Gasteiger partial charge is 0.300 e. The van der Waals surface area contributed by atoms with Gasteiger partial charge in [-0.1, -0.05) is 19.9 Å². The molecule has 0 radical (unpaired) electrons. The standard InChI is InChI=1S/C13H15NOS/c1-8(2)10-4-5-12-11(7-10)14-13(16-12)6-9(3)15/h4-5,7-8H,6H2,1-3H3. The highest BCUT2D eigenvalue weighted by molar-refractivity contribution is 7.18. The second-order valence-corrected chi connectivity index (χ2v) is 5.48. The van der Waals surface area contributed by atoms with Crippen LogP contribution in [0.1, 0.15) is 37.3 Å². The summed E-state index contributed by atoms with van der Waals surface area (Å²) in [5, 5.41) is 0.920. The molecule has 0 unspecified atom stereocenters. The van der Waals surface area contributed by atoms with Gasteiger partial charge in [0, 0.05) is 0 Å². The molecule has 0 N–H and O–H groups in total. The van der Waals surface area contributed by atoms with Crippen molar-refractivity contribution in [1.82, 2.24) is 4.98 Å². The van der Waals surface area contributed by atoms with E-state index in [0.717, 1.165) is 10.5 Å². The van der Waals surface area contributed by atoms with Crippen molar-refractivity contribution in [2.75, 3.05) is 0 Å². The minimum atomic E-state index is 0.170. The fourth-order valence-electron chi connectivity index (χ4n) is 1.64. The number of fused-ring (bicyclic) bond motifs is 1. The number of benzene rings is 1. The van der Waals surface area contributed by atoms with Crippen LogP contribution in [0.4, 0.5) is 0 Å². The third-order valence-corrected chi connectivity index (χ3v) is 3.56. The van der Waals surface area contributed by atoms with Gasteiger partial charge in [0.15, 0.2) is 0 Å². The molecule has 1 aromatic heterocycles. The average molecular weight is 233 g/mol. The molecule has 0 saturated heterocycles. The summed E-state index contributed by atoms with van der Waals surface area (Å²) in [6, 6.07) is 6.37. The van der Waals surface area contributed by atoms with Gasteiger partial charge in [-0.25, -0.2) is 4.98 Å². The van der Waals surface area contributed by atoms with Crippen molar-refractivity contribution in [3.63, 3.8) is 0 Å². The van der Waals surface area contributed by atoms with Gasteiger partial charge in [0.2, 0.25) is 0 Å². The van der Waals surface area contributed by atoms with E-state index in [1.54, 1.807) is 18.3 Å². The van der Waals surface area contributed by atoms with Crippen LogP contribution in [-0.4, -0.2) is 10.8 Å². The van der Waals surface area contributed by atoms with E-state index >= 15 is 0 Å². The van der Waals surface area contributed by atoms with Crippen molar-refractivity contribution in [1.29, 1.82) is 0 Å². The number of thiazole rings is 1. The van der Waals surface area contributed by atoms with Gasteiger partial charge in [0.05, 0.1) is 16.6 Å². The molecule has 0 fully saturated rings. The molecule has 0 bridgehead atoms. The maximum absolute atomic E-state index is 11.0. The normalized spacial score (nSPS) is 11.2. The molecule has 1 heterocycles. The third-order valence-electron chi connectivity index (χ3n) is 2.52. The molecule has 0 aliphatic heterocycles. The Balaban J connectivity index is 2.41. The van der Waals surface area contributed by atoms with E-state index < -0.39 is 0 Å². The van der Waals surface area contributed by atoms with Gasteiger partial charge in [-0.15, -0.1) is 11.3 Å². The van der Waals surface area contributed by atoms with Gasteiger partial charge in [0.1, 0.15) is 10.8 Å². The first-order valence-electron chi connectivity index (χ1n) is 5.45. The quantitative estimate of drug-likeness (QED) is 0.811. The first kappa shape index (κ1) is 11.3. The number of rotatable bonds is 3. The molecular formula is C13H15NOS. The van der Waals surface area contributed by atoms with Gasteiger partial charge in [-0.3, -0.25) is 4.79 Å². The zero-order valence-electron chi connectivity index (χ0n) is 9.78. The zero-order valence-corrected chi connectivity index (χ0v) is 10.6. The van der Waals surface area contributed by atoms with E-state index in [4.69, 9.17) is 0 Å². The molecule has 0 aliphatic carbocycles. The number of nitrogens with zero attached hydrogens (tertiary/aromatic N) is 1. The Morgan fingerprint density at radius 2 is 2.19 bits per heavy atom. The number of carbonyl (C=O) groups excluding carboxylic acids is 1. The lowest BCUT2D eigenvalue weighted by Gasteiger charge is -2.03. The molecule has 0 aliphatic rings. The summed E-state index contributed by atoms with van der Waals surface area (Å²) in [5.74, 6) is 0.686. The maximum Gasteiger partial charge on any atom is 0.136 e. The number of ketones is 1. The Bertz CT molecular complexity index is 528. The van der Waals surface area contributed by atoms with Crippen LogP contribution in [0.5, 0.6) is 0 Å². The van der Waals surface area contributed by atoms with Crippen LogP contribution in [0.2, 0.25) is 0 Å². The first-order valence-corrected chi connectivity index (χ1v) is 6.26. The summed E-state index contributed by atoms with van der Waals surface area (Å²) in [4.78, 5) is 15.5. The van der Waals surface area contributed by atoms with Gasteiger partial charge < -0.3 is 0 Å². The summed E-state index contributed by atoms with van der Waals surface area (Å²) >= 11 is 1.61. The Hall–Kier alpha value is -1.22. The number of carbonyl (C=O) groups is 1. The lowest BCUT2D eigenvalue weighted by molar-refractivity contribution is -0.116. The van der Waals surface area contributed by atoms with Gasteiger partial charge in [-0.2, -0.15) is 0 Å². The molecule has 0 amide bonds. The van der Waals surface area contributed by atoms with Crippen molar-refractivity contribution < 1.29 is 4.79 Å². The molecule has 0 atom stereocenters. The SMILES string of the molecule is CC(=O)Cc1nc2cc(C(C)C)ccc2s1. The number of aromatic nitrogens is 1. The molecule has 2 rings (SSSR count). The molecular weight excluding hydrogens is 218 g/mol. The lowest BCUT2D eigenvalue weighted by Crippen LogP contribution is -1.94. The molecule has 2 aromatic rings. The number of hydrogen-bond acceptors (Lipinski definition) is 3. The van der Waals surface area contributed by atoms with Crippen LogP contribution in [-0.2, 0) is 11.2 Å². The lowest BCUT2D eigenvalue weighted by atomic mass is 10.0. The number of Topliss-reactive ketones (excluding diaryl/α,β-unsaturated/α-hetero) is 1. The van der Waals surface area contributed by atoms with Crippen LogP contribution < -0.4 is 0 Å². The van der Waals surface area contributed by atoms with Crippen LogP contribution >= 0.6 is 11.3 Å². The van der Waals surface area contributed by atoms with Crippen molar-refractivity contribution in [3.8, 4) is 0 Å². The average Bonchev–Trinajstić information content (AvgIpc) is 2.56. The van der Waals surface area contributed by atoms with E-state index in [0.29, 0.717) is 12.3 Å². The van der Waals surface area contributed by atoms with Crippen LogP contribution in [0, 0.1) is 0 Å². The highest BCUT2D eigenvalue weighted by Crippen LogP contribution is 2.26. The van der Waals surface area contributed by atoms with Crippen LogP contribution in [0.25, 0.3) is 10.2 Å². The number of hydrogen-bond donors (Lipinski definition) is 0. The smallest absolute Gasteiger partial charge is 0.136 e. The molecule has 84 valence electrons. The van der Waals surface area contributed by atoms with E-state index in [1.165, 1.54) is 10.3 Å².